The third-order valence-electron chi connectivity index (χ3n) is 5.47. The van der Waals surface area contributed by atoms with E-state index in [1.165, 1.54) is 6.42 Å². The van der Waals surface area contributed by atoms with E-state index in [2.05, 4.69) is 20.8 Å². The van der Waals surface area contributed by atoms with Gasteiger partial charge in [0.25, 0.3) is 0 Å². The van der Waals surface area contributed by atoms with E-state index in [9.17, 15) is 4.79 Å². The number of carbonyl (C=O) groups excluding carboxylic acids is 1. The first-order valence-corrected chi connectivity index (χ1v) is 9.91. The largest absolute Gasteiger partial charge is 0.461 e. The molecule has 1 aliphatic heterocycles. The molecule has 1 heterocycles. The van der Waals surface area contributed by atoms with Gasteiger partial charge in [-0.1, -0.05) is 50.9 Å². The molecule has 1 aromatic rings. The van der Waals surface area contributed by atoms with Crippen LogP contribution in [0.2, 0.25) is 5.02 Å². The Kier molecular flexibility index (Phi) is 5.55. The third-order valence-corrected chi connectivity index (χ3v) is 5.77. The molecular weight excluding hydrogens is 352 g/mol. The summed E-state index contributed by atoms with van der Waals surface area (Å²) in [5.41, 5.74) is 0.631. The van der Waals surface area contributed by atoms with Crippen molar-refractivity contribution < 1.29 is 19.0 Å². The van der Waals surface area contributed by atoms with Gasteiger partial charge in [0.1, 0.15) is 11.9 Å². The van der Waals surface area contributed by atoms with Crippen LogP contribution in [-0.2, 0) is 14.3 Å². The maximum Gasteiger partial charge on any atom is 0.340 e. The smallest absolute Gasteiger partial charge is 0.340 e. The number of ether oxygens (including phenoxy) is 3. The van der Waals surface area contributed by atoms with Gasteiger partial charge in [-0.2, -0.15) is 0 Å². The van der Waals surface area contributed by atoms with Crippen LogP contribution in [-0.4, -0.2) is 17.9 Å². The van der Waals surface area contributed by atoms with Gasteiger partial charge in [0.15, 0.2) is 6.10 Å². The van der Waals surface area contributed by atoms with Gasteiger partial charge < -0.3 is 14.2 Å². The fraction of sp³-hybridized carbons (Fsp3) is 0.667. The molecule has 4 atom stereocenters. The first kappa shape index (κ1) is 19.5. The van der Waals surface area contributed by atoms with Gasteiger partial charge in [-0.15, -0.1) is 0 Å². The number of fused-ring (bicyclic) bond motifs is 1. The van der Waals surface area contributed by atoms with Gasteiger partial charge in [0.2, 0.25) is 5.79 Å². The van der Waals surface area contributed by atoms with Crippen LogP contribution in [0.1, 0.15) is 65.5 Å². The second-order valence-electron chi connectivity index (χ2n) is 8.46. The lowest BCUT2D eigenvalue weighted by molar-refractivity contribution is -0.224. The monoisotopic (exact) mass is 380 g/mol. The van der Waals surface area contributed by atoms with E-state index in [0.29, 0.717) is 34.1 Å². The summed E-state index contributed by atoms with van der Waals surface area (Å²) >= 11 is 6.28. The molecule has 0 radical (unpaired) electrons. The van der Waals surface area contributed by atoms with Crippen molar-refractivity contribution in [3.8, 4) is 5.75 Å². The second-order valence-corrected chi connectivity index (χ2v) is 8.87. The van der Waals surface area contributed by atoms with Crippen molar-refractivity contribution >= 4 is 17.6 Å². The molecule has 1 fully saturated rings. The molecule has 4 nitrogen and oxygen atoms in total. The lowest BCUT2D eigenvalue weighted by Gasteiger charge is -2.40. The summed E-state index contributed by atoms with van der Waals surface area (Å²) in [4.78, 5) is 13.1. The van der Waals surface area contributed by atoms with E-state index < -0.39 is 11.9 Å². The number of esters is 1. The number of benzene rings is 1. The average molecular weight is 381 g/mol. The minimum absolute atomic E-state index is 0.0663. The van der Waals surface area contributed by atoms with Gasteiger partial charge >= 0.3 is 5.97 Å². The lowest BCUT2D eigenvalue weighted by atomic mass is 9.75. The van der Waals surface area contributed by atoms with Crippen molar-refractivity contribution in [2.24, 2.45) is 17.8 Å². The van der Waals surface area contributed by atoms with Crippen LogP contribution in [0.4, 0.5) is 0 Å². The average Bonchev–Trinajstić information content (AvgIpc) is 2.54. The quantitative estimate of drug-likeness (QED) is 0.646. The Morgan fingerprint density at radius 3 is 2.73 bits per heavy atom. The molecule has 0 aromatic heterocycles. The fourth-order valence-corrected chi connectivity index (χ4v) is 4.31. The van der Waals surface area contributed by atoms with Crippen LogP contribution in [0, 0.1) is 17.8 Å². The number of hydrogen-bond donors (Lipinski definition) is 0. The molecule has 0 N–H and O–H groups in total. The zero-order valence-electron chi connectivity index (χ0n) is 16.3. The highest BCUT2D eigenvalue weighted by Gasteiger charge is 2.42. The van der Waals surface area contributed by atoms with E-state index in [1.807, 2.05) is 6.07 Å². The molecule has 1 aromatic carbocycles. The zero-order chi connectivity index (χ0) is 19.1. The van der Waals surface area contributed by atoms with Gasteiger partial charge in [-0.25, -0.2) is 4.79 Å². The Morgan fingerprint density at radius 2 is 2.04 bits per heavy atom. The highest BCUT2D eigenvalue weighted by Crippen LogP contribution is 2.44. The Morgan fingerprint density at radius 1 is 1.31 bits per heavy atom. The van der Waals surface area contributed by atoms with Crippen LogP contribution in [0.3, 0.4) is 0 Å². The van der Waals surface area contributed by atoms with Crippen molar-refractivity contribution in [1.29, 1.82) is 0 Å². The molecule has 1 saturated carbocycles. The third kappa shape index (κ3) is 4.01. The van der Waals surface area contributed by atoms with Crippen LogP contribution in [0.25, 0.3) is 0 Å². The van der Waals surface area contributed by atoms with Crippen molar-refractivity contribution in [3.05, 3.63) is 28.8 Å². The summed E-state index contributed by atoms with van der Waals surface area (Å²) in [6.07, 6.45) is 2.31. The SMILES string of the molecule is CC(C)[C@H]1CC[C@H](C)C[C@@H]1OC(=O)C1OC(C)(C)Oc2c(Cl)cccc21. The summed E-state index contributed by atoms with van der Waals surface area (Å²) in [5, 5.41) is 0.475. The molecule has 2 aliphatic rings. The second kappa shape index (κ2) is 7.40. The fourth-order valence-electron chi connectivity index (χ4n) is 4.09. The zero-order valence-corrected chi connectivity index (χ0v) is 17.0. The minimum Gasteiger partial charge on any atom is -0.461 e. The highest BCUT2D eigenvalue weighted by molar-refractivity contribution is 6.32. The summed E-state index contributed by atoms with van der Waals surface area (Å²) in [6.45, 7) is 10.2. The summed E-state index contributed by atoms with van der Waals surface area (Å²) in [6, 6.07) is 5.36. The van der Waals surface area contributed by atoms with Crippen LogP contribution < -0.4 is 4.74 Å². The molecule has 0 saturated heterocycles. The van der Waals surface area contributed by atoms with Crippen molar-refractivity contribution in [2.45, 2.75) is 71.9 Å². The summed E-state index contributed by atoms with van der Waals surface area (Å²) in [5.74, 6) is 0.644. The number of rotatable bonds is 3. The Balaban J connectivity index is 1.84. The van der Waals surface area contributed by atoms with E-state index in [0.717, 1.165) is 12.8 Å². The highest BCUT2D eigenvalue weighted by atomic mass is 35.5. The van der Waals surface area contributed by atoms with E-state index in [1.54, 1.807) is 26.0 Å². The van der Waals surface area contributed by atoms with Crippen LogP contribution in [0.5, 0.6) is 5.75 Å². The number of para-hydroxylation sites is 1. The Hall–Kier alpha value is -1.26. The van der Waals surface area contributed by atoms with Crippen molar-refractivity contribution in [1.82, 2.24) is 0 Å². The van der Waals surface area contributed by atoms with E-state index in [-0.39, 0.29) is 12.1 Å². The Labute approximate surface area is 161 Å². The topological polar surface area (TPSA) is 44.8 Å². The maximum absolute atomic E-state index is 13.1. The predicted octanol–water partition coefficient (Wildman–Crippen LogP) is 5.53. The summed E-state index contributed by atoms with van der Waals surface area (Å²) in [7, 11) is 0. The van der Waals surface area contributed by atoms with Crippen LogP contribution >= 0.6 is 11.6 Å². The maximum atomic E-state index is 13.1. The first-order chi connectivity index (χ1) is 12.2. The lowest BCUT2D eigenvalue weighted by Crippen LogP contribution is -2.43. The molecule has 1 aliphatic carbocycles. The number of hydrogen-bond acceptors (Lipinski definition) is 4. The Bertz CT molecular complexity index is 670. The van der Waals surface area contributed by atoms with Gasteiger partial charge in [-0.05, 0) is 36.7 Å². The molecule has 3 rings (SSSR count). The van der Waals surface area contributed by atoms with Crippen molar-refractivity contribution in [2.75, 3.05) is 0 Å². The van der Waals surface area contributed by atoms with Crippen LogP contribution in [0.15, 0.2) is 18.2 Å². The molecular formula is C21H29ClO4. The standard InChI is InChI=1S/C21H29ClO4/c1-12(2)14-10-9-13(3)11-17(14)24-20(23)19-15-7-6-8-16(22)18(15)25-21(4,5)26-19/h6-8,12-14,17,19H,9-11H2,1-5H3/t13-,14+,17-,19?/m0/s1. The molecule has 5 heteroatoms. The molecule has 0 amide bonds. The molecule has 26 heavy (non-hydrogen) atoms. The van der Waals surface area contributed by atoms with Gasteiger partial charge in [-0.3, -0.25) is 0 Å². The van der Waals surface area contributed by atoms with E-state index in [4.69, 9.17) is 25.8 Å². The van der Waals surface area contributed by atoms with E-state index >= 15 is 0 Å². The predicted molar refractivity (Wildman–Crippen MR) is 101 cm³/mol. The summed E-state index contributed by atoms with van der Waals surface area (Å²) < 4.78 is 17.8. The number of halogens is 1. The normalized spacial score (nSPS) is 30.4. The van der Waals surface area contributed by atoms with Gasteiger partial charge in [0.05, 0.1) is 5.02 Å². The van der Waals surface area contributed by atoms with Gasteiger partial charge in [0, 0.05) is 19.4 Å². The number of carbonyl (C=O) groups is 1. The first-order valence-electron chi connectivity index (χ1n) is 9.53. The molecule has 144 valence electrons. The van der Waals surface area contributed by atoms with Crippen molar-refractivity contribution in [3.63, 3.8) is 0 Å². The molecule has 1 unspecified atom stereocenters. The molecule has 0 spiro atoms. The molecule has 0 bridgehead atoms. The minimum atomic E-state index is -0.945.